The van der Waals surface area contributed by atoms with Crippen molar-refractivity contribution < 1.29 is 9.84 Å². The fraction of sp³-hybridized carbons (Fsp3) is 0.571. The summed E-state index contributed by atoms with van der Waals surface area (Å²) in [7, 11) is 0. The molecule has 1 atom stereocenters. The first-order valence-electron chi connectivity index (χ1n) is 6.28. The number of rotatable bonds is 7. The van der Waals surface area contributed by atoms with E-state index in [-0.39, 0.29) is 12.5 Å². The smallest absolute Gasteiger partial charge is 0.137 e. The highest BCUT2D eigenvalue weighted by Crippen LogP contribution is 2.25. The van der Waals surface area contributed by atoms with E-state index in [0.29, 0.717) is 23.4 Å². The summed E-state index contributed by atoms with van der Waals surface area (Å²) in [5.74, 6) is 0.786. The topological polar surface area (TPSA) is 41.5 Å². The predicted octanol–water partition coefficient (Wildman–Crippen LogP) is 2.85. The Morgan fingerprint density at radius 3 is 2.61 bits per heavy atom. The number of nitrogens with one attached hydrogen (secondary N) is 1. The van der Waals surface area contributed by atoms with Crippen LogP contribution in [0.3, 0.4) is 0 Å². The van der Waals surface area contributed by atoms with Crippen LogP contribution >= 0.6 is 11.6 Å². The Morgan fingerprint density at radius 2 is 2.06 bits per heavy atom. The van der Waals surface area contributed by atoms with E-state index in [0.717, 1.165) is 12.1 Å². The van der Waals surface area contributed by atoms with Crippen molar-refractivity contribution in [3.05, 3.63) is 28.8 Å². The SMILES string of the molecule is CC(CO)COc1ccc(CNC(C)C)cc1Cl. The molecule has 0 radical (unpaired) electrons. The van der Waals surface area contributed by atoms with Crippen LogP contribution in [0.1, 0.15) is 26.3 Å². The van der Waals surface area contributed by atoms with Gasteiger partial charge in [-0.25, -0.2) is 0 Å². The molecule has 0 aliphatic heterocycles. The molecule has 0 aliphatic rings. The van der Waals surface area contributed by atoms with Gasteiger partial charge in [0.15, 0.2) is 0 Å². The van der Waals surface area contributed by atoms with Crippen LogP contribution < -0.4 is 10.1 Å². The standard InChI is InChI=1S/C14H22ClNO2/c1-10(2)16-7-12-4-5-14(13(15)6-12)18-9-11(3)8-17/h4-6,10-11,16-17H,7-9H2,1-3H3. The lowest BCUT2D eigenvalue weighted by Crippen LogP contribution is -2.21. The maximum atomic E-state index is 8.93. The molecule has 0 aromatic heterocycles. The van der Waals surface area contributed by atoms with Crippen molar-refractivity contribution in [1.82, 2.24) is 5.32 Å². The predicted molar refractivity (Wildman–Crippen MR) is 75.2 cm³/mol. The number of aliphatic hydroxyl groups excluding tert-OH is 1. The summed E-state index contributed by atoms with van der Waals surface area (Å²) in [6.07, 6.45) is 0. The third-order valence-corrected chi connectivity index (χ3v) is 2.84. The summed E-state index contributed by atoms with van der Waals surface area (Å²) in [6, 6.07) is 6.24. The van der Waals surface area contributed by atoms with E-state index in [2.05, 4.69) is 19.2 Å². The van der Waals surface area contributed by atoms with Gasteiger partial charge in [-0.05, 0) is 17.7 Å². The molecule has 1 unspecified atom stereocenters. The highest BCUT2D eigenvalue weighted by atomic mass is 35.5. The van der Waals surface area contributed by atoms with E-state index in [1.54, 1.807) is 0 Å². The minimum absolute atomic E-state index is 0.114. The monoisotopic (exact) mass is 271 g/mol. The van der Waals surface area contributed by atoms with Gasteiger partial charge in [0.2, 0.25) is 0 Å². The fourth-order valence-corrected chi connectivity index (χ4v) is 1.64. The lowest BCUT2D eigenvalue weighted by Gasteiger charge is -2.13. The summed E-state index contributed by atoms with van der Waals surface area (Å²) in [5.41, 5.74) is 1.14. The Labute approximate surface area is 114 Å². The molecular formula is C14H22ClNO2. The number of hydrogen-bond donors (Lipinski definition) is 2. The summed E-state index contributed by atoms with van der Waals surface area (Å²) in [5, 5.41) is 12.9. The van der Waals surface area contributed by atoms with E-state index in [9.17, 15) is 0 Å². The zero-order valence-corrected chi connectivity index (χ0v) is 12.0. The molecule has 0 saturated heterocycles. The third-order valence-electron chi connectivity index (χ3n) is 2.55. The fourth-order valence-electron chi connectivity index (χ4n) is 1.38. The lowest BCUT2D eigenvalue weighted by molar-refractivity contribution is 0.174. The molecule has 3 nitrogen and oxygen atoms in total. The van der Waals surface area contributed by atoms with Crippen molar-refractivity contribution in [2.75, 3.05) is 13.2 Å². The maximum Gasteiger partial charge on any atom is 0.137 e. The van der Waals surface area contributed by atoms with E-state index in [1.165, 1.54) is 0 Å². The Morgan fingerprint density at radius 1 is 1.33 bits per heavy atom. The maximum absolute atomic E-state index is 8.93. The first-order valence-corrected chi connectivity index (χ1v) is 6.66. The Bertz CT molecular complexity index is 369. The van der Waals surface area contributed by atoms with Crippen LogP contribution in [-0.2, 0) is 6.54 Å². The normalized spacial score (nSPS) is 12.8. The van der Waals surface area contributed by atoms with Gasteiger partial charge in [-0.1, -0.05) is 38.4 Å². The number of ether oxygens (including phenoxy) is 1. The number of hydrogen-bond acceptors (Lipinski definition) is 3. The Hall–Kier alpha value is -0.770. The molecule has 0 aliphatic carbocycles. The first kappa shape index (κ1) is 15.3. The van der Waals surface area contributed by atoms with Crippen molar-refractivity contribution in [3.8, 4) is 5.75 Å². The third kappa shape index (κ3) is 5.25. The van der Waals surface area contributed by atoms with Crippen LogP contribution in [0, 0.1) is 5.92 Å². The van der Waals surface area contributed by atoms with Gasteiger partial charge in [0.05, 0.1) is 11.6 Å². The zero-order chi connectivity index (χ0) is 13.5. The minimum Gasteiger partial charge on any atom is -0.492 e. The van der Waals surface area contributed by atoms with Gasteiger partial charge < -0.3 is 15.2 Å². The second kappa shape index (κ2) is 7.62. The molecule has 1 aromatic carbocycles. The summed E-state index contributed by atoms with van der Waals surface area (Å²) >= 11 is 6.16. The van der Waals surface area contributed by atoms with Gasteiger partial charge in [-0.2, -0.15) is 0 Å². The van der Waals surface area contributed by atoms with Crippen LogP contribution in [0.15, 0.2) is 18.2 Å². The van der Waals surface area contributed by atoms with E-state index in [1.807, 2.05) is 25.1 Å². The van der Waals surface area contributed by atoms with Gasteiger partial charge in [0.1, 0.15) is 5.75 Å². The van der Waals surface area contributed by atoms with Gasteiger partial charge in [-0.3, -0.25) is 0 Å². The molecule has 0 spiro atoms. The molecule has 0 amide bonds. The highest BCUT2D eigenvalue weighted by molar-refractivity contribution is 6.32. The summed E-state index contributed by atoms with van der Waals surface area (Å²) in [6.45, 7) is 7.53. The van der Waals surface area contributed by atoms with Crippen molar-refractivity contribution in [3.63, 3.8) is 0 Å². The second-order valence-electron chi connectivity index (χ2n) is 4.90. The molecule has 102 valence electrons. The number of halogens is 1. The number of aliphatic hydroxyl groups is 1. The van der Waals surface area contributed by atoms with Gasteiger partial charge >= 0.3 is 0 Å². The summed E-state index contributed by atoms with van der Waals surface area (Å²) in [4.78, 5) is 0. The molecule has 4 heteroatoms. The average molecular weight is 272 g/mol. The average Bonchev–Trinajstić information content (AvgIpc) is 2.34. The van der Waals surface area contributed by atoms with Crippen molar-refractivity contribution in [2.24, 2.45) is 5.92 Å². The Balaban J connectivity index is 2.56. The van der Waals surface area contributed by atoms with Crippen LogP contribution in [-0.4, -0.2) is 24.4 Å². The van der Waals surface area contributed by atoms with Gasteiger partial charge in [0.25, 0.3) is 0 Å². The van der Waals surface area contributed by atoms with Gasteiger partial charge in [-0.15, -0.1) is 0 Å². The lowest BCUT2D eigenvalue weighted by atomic mass is 10.2. The molecular weight excluding hydrogens is 250 g/mol. The van der Waals surface area contributed by atoms with Crippen LogP contribution in [0.5, 0.6) is 5.75 Å². The molecule has 0 heterocycles. The van der Waals surface area contributed by atoms with E-state index >= 15 is 0 Å². The molecule has 0 bridgehead atoms. The molecule has 0 saturated carbocycles. The summed E-state index contributed by atoms with van der Waals surface area (Å²) < 4.78 is 5.56. The van der Waals surface area contributed by atoms with E-state index in [4.69, 9.17) is 21.4 Å². The first-order chi connectivity index (χ1) is 8.52. The second-order valence-corrected chi connectivity index (χ2v) is 5.31. The highest BCUT2D eigenvalue weighted by Gasteiger charge is 2.06. The quantitative estimate of drug-likeness (QED) is 0.801. The van der Waals surface area contributed by atoms with Crippen molar-refractivity contribution >= 4 is 11.6 Å². The minimum atomic E-state index is 0.114. The largest absolute Gasteiger partial charge is 0.492 e. The molecule has 0 fully saturated rings. The van der Waals surface area contributed by atoms with Crippen LogP contribution in [0.2, 0.25) is 5.02 Å². The van der Waals surface area contributed by atoms with E-state index < -0.39 is 0 Å². The molecule has 1 aromatic rings. The zero-order valence-electron chi connectivity index (χ0n) is 11.2. The molecule has 2 N–H and O–H groups in total. The van der Waals surface area contributed by atoms with Crippen molar-refractivity contribution in [1.29, 1.82) is 0 Å². The number of benzene rings is 1. The molecule has 18 heavy (non-hydrogen) atoms. The van der Waals surface area contributed by atoms with Crippen LogP contribution in [0.4, 0.5) is 0 Å². The Kier molecular flexibility index (Phi) is 6.47. The molecule has 1 rings (SSSR count). The van der Waals surface area contributed by atoms with Crippen molar-refractivity contribution in [2.45, 2.75) is 33.4 Å². The van der Waals surface area contributed by atoms with Gasteiger partial charge in [0, 0.05) is 25.1 Å². The van der Waals surface area contributed by atoms with Crippen LogP contribution in [0.25, 0.3) is 0 Å².